The number of rotatable bonds is 6. The van der Waals surface area contributed by atoms with Crippen molar-refractivity contribution in [2.24, 2.45) is 0 Å². The van der Waals surface area contributed by atoms with Crippen molar-refractivity contribution in [2.45, 2.75) is 44.6 Å². The van der Waals surface area contributed by atoms with Gasteiger partial charge in [-0.1, -0.05) is 48.5 Å². The fourth-order valence-corrected chi connectivity index (χ4v) is 3.03. The average molecular weight is 356 g/mol. The molecule has 4 atom stereocenters. The highest BCUT2D eigenvalue weighted by atomic mass is 16.7. The first-order chi connectivity index (χ1) is 12.7. The van der Waals surface area contributed by atoms with Gasteiger partial charge in [0.05, 0.1) is 18.3 Å². The fraction of sp³-hybridized carbons (Fsp3) is 0.381. The van der Waals surface area contributed by atoms with Gasteiger partial charge in [-0.05, 0) is 24.6 Å². The average Bonchev–Trinajstić information content (AvgIpc) is 2.69. The standard InChI is InChI=1S/C21H24O5/c1-15-20(26-21(22)17-11-7-4-8-12-17)18(13-19(23-2)25-15)24-14-16-9-5-3-6-10-16/h3-12,15,18-20H,13-14H2,1-2H3/t15-,18-,19+,20-/m1/s1. The first-order valence-electron chi connectivity index (χ1n) is 8.77. The SMILES string of the molecule is CO[C@@H]1C[C@@H](OCc2ccccc2)[C@H](OC(=O)c2ccccc2)[C@@H](C)O1. The first kappa shape index (κ1) is 18.6. The summed E-state index contributed by atoms with van der Waals surface area (Å²) in [6, 6.07) is 18.8. The molecule has 2 aromatic rings. The molecule has 138 valence electrons. The Kier molecular flexibility index (Phi) is 6.39. The molecule has 5 nitrogen and oxygen atoms in total. The van der Waals surface area contributed by atoms with E-state index < -0.39 is 6.10 Å². The summed E-state index contributed by atoms with van der Waals surface area (Å²) in [5, 5.41) is 0. The zero-order chi connectivity index (χ0) is 18.4. The van der Waals surface area contributed by atoms with Gasteiger partial charge in [-0.2, -0.15) is 0 Å². The lowest BCUT2D eigenvalue weighted by molar-refractivity contribution is -0.247. The summed E-state index contributed by atoms with van der Waals surface area (Å²) >= 11 is 0. The van der Waals surface area contributed by atoms with Crippen LogP contribution in [0.15, 0.2) is 60.7 Å². The quantitative estimate of drug-likeness (QED) is 0.741. The van der Waals surface area contributed by atoms with Crippen LogP contribution in [0.5, 0.6) is 0 Å². The van der Waals surface area contributed by atoms with Crippen molar-refractivity contribution in [2.75, 3.05) is 7.11 Å². The van der Waals surface area contributed by atoms with Gasteiger partial charge in [0.2, 0.25) is 0 Å². The van der Waals surface area contributed by atoms with E-state index in [2.05, 4.69) is 0 Å². The van der Waals surface area contributed by atoms with Gasteiger partial charge < -0.3 is 18.9 Å². The molecule has 0 amide bonds. The molecule has 0 aliphatic carbocycles. The van der Waals surface area contributed by atoms with Crippen molar-refractivity contribution in [3.05, 3.63) is 71.8 Å². The first-order valence-corrected chi connectivity index (χ1v) is 8.77. The molecule has 0 spiro atoms. The molecular weight excluding hydrogens is 332 g/mol. The predicted molar refractivity (Wildman–Crippen MR) is 96.6 cm³/mol. The van der Waals surface area contributed by atoms with Crippen molar-refractivity contribution >= 4 is 5.97 Å². The second-order valence-electron chi connectivity index (χ2n) is 6.31. The van der Waals surface area contributed by atoms with Crippen LogP contribution in [-0.4, -0.2) is 37.7 Å². The Morgan fingerprint density at radius 3 is 2.38 bits per heavy atom. The molecule has 1 fully saturated rings. The summed E-state index contributed by atoms with van der Waals surface area (Å²) in [4.78, 5) is 12.5. The maximum Gasteiger partial charge on any atom is 0.338 e. The summed E-state index contributed by atoms with van der Waals surface area (Å²) in [7, 11) is 1.60. The number of methoxy groups -OCH3 is 1. The molecule has 1 saturated heterocycles. The van der Waals surface area contributed by atoms with Gasteiger partial charge >= 0.3 is 5.97 Å². The van der Waals surface area contributed by atoms with Gasteiger partial charge in [0.25, 0.3) is 0 Å². The van der Waals surface area contributed by atoms with Crippen LogP contribution in [0.4, 0.5) is 0 Å². The van der Waals surface area contributed by atoms with Gasteiger partial charge in [0.1, 0.15) is 6.10 Å². The summed E-state index contributed by atoms with van der Waals surface area (Å²) < 4.78 is 22.9. The van der Waals surface area contributed by atoms with E-state index in [4.69, 9.17) is 18.9 Å². The molecule has 0 saturated carbocycles. The number of esters is 1. The Morgan fingerprint density at radius 1 is 1.08 bits per heavy atom. The highest BCUT2D eigenvalue weighted by molar-refractivity contribution is 5.89. The van der Waals surface area contributed by atoms with Crippen molar-refractivity contribution in [1.82, 2.24) is 0 Å². The lowest BCUT2D eigenvalue weighted by Crippen LogP contribution is -2.50. The van der Waals surface area contributed by atoms with E-state index >= 15 is 0 Å². The van der Waals surface area contributed by atoms with Gasteiger partial charge in [-0.3, -0.25) is 0 Å². The Hall–Kier alpha value is -2.21. The van der Waals surface area contributed by atoms with E-state index in [1.54, 1.807) is 19.2 Å². The molecule has 5 heteroatoms. The van der Waals surface area contributed by atoms with Gasteiger partial charge in [-0.15, -0.1) is 0 Å². The van der Waals surface area contributed by atoms with Crippen molar-refractivity contribution in [3.8, 4) is 0 Å². The second-order valence-corrected chi connectivity index (χ2v) is 6.31. The van der Waals surface area contributed by atoms with E-state index in [0.717, 1.165) is 5.56 Å². The van der Waals surface area contributed by atoms with Gasteiger partial charge in [-0.25, -0.2) is 4.79 Å². The molecule has 1 heterocycles. The number of benzene rings is 2. The summed E-state index contributed by atoms with van der Waals surface area (Å²) in [5.74, 6) is -0.379. The number of ether oxygens (including phenoxy) is 4. The lowest BCUT2D eigenvalue weighted by Gasteiger charge is -2.39. The molecule has 3 rings (SSSR count). The van der Waals surface area contributed by atoms with E-state index in [-0.39, 0.29) is 24.5 Å². The largest absolute Gasteiger partial charge is 0.453 e. The van der Waals surface area contributed by atoms with E-state index in [1.165, 1.54) is 0 Å². The normalized spacial score (nSPS) is 25.6. The van der Waals surface area contributed by atoms with Gasteiger partial charge in [0.15, 0.2) is 12.4 Å². The monoisotopic (exact) mass is 356 g/mol. The summed E-state index contributed by atoms with van der Waals surface area (Å²) in [5.41, 5.74) is 1.57. The molecule has 0 N–H and O–H groups in total. The van der Waals surface area contributed by atoms with Crippen LogP contribution in [-0.2, 0) is 25.6 Å². The van der Waals surface area contributed by atoms with E-state index in [9.17, 15) is 4.79 Å². The van der Waals surface area contributed by atoms with Crippen molar-refractivity contribution in [1.29, 1.82) is 0 Å². The number of hydrogen-bond acceptors (Lipinski definition) is 5. The Labute approximate surface area is 153 Å². The fourth-order valence-electron chi connectivity index (χ4n) is 3.03. The number of hydrogen-bond donors (Lipinski definition) is 0. The zero-order valence-corrected chi connectivity index (χ0v) is 15.0. The molecule has 1 aliphatic rings. The lowest BCUT2D eigenvalue weighted by atomic mass is 10.0. The van der Waals surface area contributed by atoms with Crippen LogP contribution >= 0.6 is 0 Å². The molecule has 0 unspecified atom stereocenters. The third-order valence-electron chi connectivity index (χ3n) is 4.44. The van der Waals surface area contributed by atoms with Crippen LogP contribution in [0, 0.1) is 0 Å². The molecule has 1 aliphatic heterocycles. The van der Waals surface area contributed by atoms with Gasteiger partial charge in [0, 0.05) is 13.5 Å². The molecule has 26 heavy (non-hydrogen) atoms. The topological polar surface area (TPSA) is 54.0 Å². The summed E-state index contributed by atoms with van der Waals surface area (Å²) in [6.45, 7) is 2.31. The zero-order valence-electron chi connectivity index (χ0n) is 15.0. The highest BCUT2D eigenvalue weighted by Gasteiger charge is 2.40. The highest BCUT2D eigenvalue weighted by Crippen LogP contribution is 2.27. The van der Waals surface area contributed by atoms with E-state index in [0.29, 0.717) is 18.6 Å². The minimum atomic E-state index is -0.502. The molecular formula is C21H24O5. The Morgan fingerprint density at radius 2 is 1.73 bits per heavy atom. The maximum atomic E-state index is 12.5. The number of carbonyl (C=O) groups excluding carboxylic acids is 1. The Balaban J connectivity index is 1.70. The van der Waals surface area contributed by atoms with Crippen molar-refractivity contribution < 1.29 is 23.7 Å². The maximum absolute atomic E-state index is 12.5. The van der Waals surface area contributed by atoms with Crippen LogP contribution in [0.25, 0.3) is 0 Å². The van der Waals surface area contributed by atoms with Crippen LogP contribution in [0.3, 0.4) is 0 Å². The molecule has 0 radical (unpaired) electrons. The summed E-state index contributed by atoms with van der Waals surface area (Å²) in [6.07, 6.45) is -1.02. The third kappa shape index (κ3) is 4.69. The molecule has 0 aromatic heterocycles. The van der Waals surface area contributed by atoms with Crippen LogP contribution in [0.1, 0.15) is 29.3 Å². The molecule has 2 aromatic carbocycles. The van der Waals surface area contributed by atoms with Crippen LogP contribution < -0.4 is 0 Å². The van der Waals surface area contributed by atoms with Crippen molar-refractivity contribution in [3.63, 3.8) is 0 Å². The smallest absolute Gasteiger partial charge is 0.338 e. The molecule has 0 bridgehead atoms. The van der Waals surface area contributed by atoms with E-state index in [1.807, 2.05) is 55.5 Å². The van der Waals surface area contributed by atoms with Crippen LogP contribution in [0.2, 0.25) is 0 Å². The third-order valence-corrected chi connectivity index (χ3v) is 4.44. The predicted octanol–water partition coefficient (Wildman–Crippen LogP) is 3.58. The minimum absolute atomic E-state index is 0.309. The minimum Gasteiger partial charge on any atom is -0.453 e. The number of carbonyl (C=O) groups is 1. The second kappa shape index (κ2) is 8.94. The Bertz CT molecular complexity index is 688.